The third-order valence-electron chi connectivity index (χ3n) is 3.10. The molecule has 0 amide bonds. The first-order valence-corrected chi connectivity index (χ1v) is 6.83. The van der Waals surface area contributed by atoms with E-state index in [-0.39, 0.29) is 33.8 Å². The molecular weight excluding hydrogens is 332 g/mol. The highest BCUT2D eigenvalue weighted by molar-refractivity contribution is 5.95. The van der Waals surface area contributed by atoms with Gasteiger partial charge in [-0.1, -0.05) is 0 Å². The zero-order chi connectivity index (χ0) is 18.6. The van der Waals surface area contributed by atoms with Gasteiger partial charge in [-0.2, -0.15) is 10.2 Å². The molecule has 0 spiro atoms. The van der Waals surface area contributed by atoms with Crippen LogP contribution in [0.2, 0.25) is 0 Å². The van der Waals surface area contributed by atoms with E-state index < -0.39 is 24.3 Å². The second kappa shape index (κ2) is 7.21. The molecule has 0 saturated heterocycles. The standard InChI is InChI=1S/C16H12N2O7/c19-13-2-1-11(4-8(13)7-14(20)21)17-18-12-5-9(15(22)23)3-10(6-12)16(24)25/h1-6,19H,7H2,(H,20,21)(H,22,23)(H,24,25). The maximum absolute atomic E-state index is 11.0. The Balaban J connectivity index is 2.37. The second-order valence-corrected chi connectivity index (χ2v) is 4.96. The molecule has 0 bridgehead atoms. The Morgan fingerprint density at radius 3 is 1.88 bits per heavy atom. The van der Waals surface area contributed by atoms with Crippen molar-refractivity contribution in [2.45, 2.75) is 6.42 Å². The number of carbonyl (C=O) groups is 3. The van der Waals surface area contributed by atoms with Gasteiger partial charge in [0.05, 0.1) is 28.9 Å². The Bertz CT molecular complexity index is 858. The monoisotopic (exact) mass is 344 g/mol. The average molecular weight is 344 g/mol. The van der Waals surface area contributed by atoms with E-state index in [1.807, 2.05) is 0 Å². The summed E-state index contributed by atoms with van der Waals surface area (Å²) < 4.78 is 0. The van der Waals surface area contributed by atoms with Gasteiger partial charge in [-0.25, -0.2) is 9.59 Å². The zero-order valence-electron chi connectivity index (χ0n) is 12.6. The number of phenolic OH excluding ortho intramolecular Hbond substituents is 1. The van der Waals surface area contributed by atoms with Crippen LogP contribution in [0.15, 0.2) is 46.6 Å². The van der Waals surface area contributed by atoms with E-state index in [4.69, 9.17) is 15.3 Å². The number of aliphatic carboxylic acids is 1. The van der Waals surface area contributed by atoms with E-state index in [0.717, 1.165) is 18.2 Å². The quantitative estimate of drug-likeness (QED) is 0.587. The topological polar surface area (TPSA) is 157 Å². The first-order chi connectivity index (χ1) is 11.8. The van der Waals surface area contributed by atoms with Crippen molar-refractivity contribution in [2.24, 2.45) is 10.2 Å². The Morgan fingerprint density at radius 1 is 0.800 bits per heavy atom. The number of benzene rings is 2. The van der Waals surface area contributed by atoms with Crippen LogP contribution < -0.4 is 0 Å². The number of aromatic hydroxyl groups is 1. The highest BCUT2D eigenvalue weighted by Crippen LogP contribution is 2.26. The fourth-order valence-corrected chi connectivity index (χ4v) is 1.97. The fraction of sp³-hybridized carbons (Fsp3) is 0.0625. The average Bonchev–Trinajstić information content (AvgIpc) is 2.54. The van der Waals surface area contributed by atoms with E-state index in [2.05, 4.69) is 10.2 Å². The van der Waals surface area contributed by atoms with E-state index in [1.54, 1.807) is 0 Å². The molecule has 2 aromatic rings. The third kappa shape index (κ3) is 4.61. The van der Waals surface area contributed by atoms with Crippen LogP contribution >= 0.6 is 0 Å². The van der Waals surface area contributed by atoms with Gasteiger partial charge in [0.1, 0.15) is 5.75 Å². The number of hydrogen-bond donors (Lipinski definition) is 4. The maximum Gasteiger partial charge on any atom is 0.335 e. The first kappa shape index (κ1) is 17.6. The number of phenols is 1. The molecule has 2 aromatic carbocycles. The molecule has 2 rings (SSSR count). The number of hydrogen-bond acceptors (Lipinski definition) is 6. The van der Waals surface area contributed by atoms with Crippen LogP contribution in [-0.2, 0) is 11.2 Å². The van der Waals surface area contributed by atoms with Gasteiger partial charge >= 0.3 is 17.9 Å². The van der Waals surface area contributed by atoms with E-state index >= 15 is 0 Å². The summed E-state index contributed by atoms with van der Waals surface area (Å²) in [5.41, 5.74) is -0.163. The fourth-order valence-electron chi connectivity index (χ4n) is 1.97. The Kier molecular flexibility index (Phi) is 5.08. The second-order valence-electron chi connectivity index (χ2n) is 4.96. The molecule has 0 radical (unpaired) electrons. The number of aromatic carboxylic acids is 2. The van der Waals surface area contributed by atoms with Gasteiger partial charge in [0, 0.05) is 5.56 Å². The lowest BCUT2D eigenvalue weighted by atomic mass is 10.1. The van der Waals surface area contributed by atoms with Crippen molar-refractivity contribution in [1.82, 2.24) is 0 Å². The van der Waals surface area contributed by atoms with Gasteiger partial charge in [-0.05, 0) is 36.4 Å². The molecule has 0 aliphatic heterocycles. The van der Waals surface area contributed by atoms with Crippen molar-refractivity contribution in [3.8, 4) is 5.75 Å². The van der Waals surface area contributed by atoms with Crippen LogP contribution in [0.1, 0.15) is 26.3 Å². The van der Waals surface area contributed by atoms with Gasteiger partial charge < -0.3 is 20.4 Å². The van der Waals surface area contributed by atoms with Crippen LogP contribution in [-0.4, -0.2) is 38.3 Å². The predicted molar refractivity (Wildman–Crippen MR) is 84.0 cm³/mol. The largest absolute Gasteiger partial charge is 0.508 e. The van der Waals surface area contributed by atoms with Crippen molar-refractivity contribution in [2.75, 3.05) is 0 Å². The van der Waals surface area contributed by atoms with Crippen molar-refractivity contribution < 1.29 is 34.8 Å². The minimum absolute atomic E-state index is 0.00478. The highest BCUT2D eigenvalue weighted by atomic mass is 16.4. The summed E-state index contributed by atoms with van der Waals surface area (Å²) >= 11 is 0. The Labute approximate surface area is 140 Å². The molecule has 0 saturated carbocycles. The van der Waals surface area contributed by atoms with Crippen molar-refractivity contribution in [1.29, 1.82) is 0 Å². The minimum Gasteiger partial charge on any atom is -0.508 e. The van der Waals surface area contributed by atoms with Crippen LogP contribution in [0.5, 0.6) is 5.75 Å². The predicted octanol–water partition coefficient (Wildman–Crippen LogP) is 2.83. The number of rotatable bonds is 6. The molecule has 0 aliphatic rings. The summed E-state index contributed by atoms with van der Waals surface area (Å²) in [6.45, 7) is 0. The van der Waals surface area contributed by atoms with Gasteiger partial charge in [0.2, 0.25) is 0 Å². The van der Waals surface area contributed by atoms with Crippen LogP contribution in [0.4, 0.5) is 11.4 Å². The molecule has 0 unspecified atom stereocenters. The van der Waals surface area contributed by atoms with Gasteiger partial charge in [-0.15, -0.1) is 0 Å². The SMILES string of the molecule is O=C(O)Cc1cc(N=Nc2cc(C(=O)O)cc(C(=O)O)c2)ccc1O. The Hall–Kier alpha value is -3.75. The summed E-state index contributed by atoms with van der Waals surface area (Å²) in [6.07, 6.45) is -0.410. The van der Waals surface area contributed by atoms with E-state index in [9.17, 15) is 19.5 Å². The van der Waals surface area contributed by atoms with E-state index in [1.165, 1.54) is 18.2 Å². The number of carboxylic acid groups (broad SMARTS) is 3. The minimum atomic E-state index is -1.31. The molecule has 0 atom stereocenters. The van der Waals surface area contributed by atoms with Crippen molar-refractivity contribution in [3.63, 3.8) is 0 Å². The smallest absolute Gasteiger partial charge is 0.335 e. The van der Waals surface area contributed by atoms with Gasteiger partial charge in [0.15, 0.2) is 0 Å². The third-order valence-corrected chi connectivity index (χ3v) is 3.10. The molecular formula is C16H12N2O7. The lowest BCUT2D eigenvalue weighted by Crippen LogP contribution is -2.01. The van der Waals surface area contributed by atoms with Crippen LogP contribution in [0.3, 0.4) is 0 Å². The molecule has 0 heterocycles. The molecule has 0 fully saturated rings. The summed E-state index contributed by atoms with van der Waals surface area (Å²) in [6, 6.07) is 7.24. The zero-order valence-corrected chi connectivity index (χ0v) is 12.6. The number of carboxylic acids is 3. The van der Waals surface area contributed by atoms with Crippen LogP contribution in [0.25, 0.3) is 0 Å². The molecule has 9 nitrogen and oxygen atoms in total. The molecule has 9 heteroatoms. The summed E-state index contributed by atoms with van der Waals surface area (Å²) in [5, 5.41) is 44.0. The lowest BCUT2D eigenvalue weighted by molar-refractivity contribution is -0.136. The van der Waals surface area contributed by atoms with E-state index in [0.29, 0.717) is 0 Å². The van der Waals surface area contributed by atoms with Crippen molar-refractivity contribution in [3.05, 3.63) is 53.1 Å². The highest BCUT2D eigenvalue weighted by Gasteiger charge is 2.11. The summed E-state index contributed by atoms with van der Waals surface area (Å²) in [5.74, 6) is -3.96. The number of azo groups is 1. The maximum atomic E-state index is 11.0. The molecule has 128 valence electrons. The molecule has 0 aromatic heterocycles. The molecule has 4 N–H and O–H groups in total. The lowest BCUT2D eigenvalue weighted by Gasteiger charge is -2.03. The van der Waals surface area contributed by atoms with Gasteiger partial charge in [0.25, 0.3) is 0 Å². The number of nitrogens with zero attached hydrogens (tertiary/aromatic N) is 2. The summed E-state index contributed by atoms with van der Waals surface area (Å²) in [4.78, 5) is 32.8. The Morgan fingerprint density at radius 2 is 1.36 bits per heavy atom. The normalized spacial score (nSPS) is 10.7. The molecule has 25 heavy (non-hydrogen) atoms. The van der Waals surface area contributed by atoms with Crippen molar-refractivity contribution >= 4 is 29.3 Å². The van der Waals surface area contributed by atoms with Crippen LogP contribution in [0, 0.1) is 0 Å². The first-order valence-electron chi connectivity index (χ1n) is 6.83. The van der Waals surface area contributed by atoms with Gasteiger partial charge in [-0.3, -0.25) is 4.79 Å². The summed E-state index contributed by atoms with van der Waals surface area (Å²) in [7, 11) is 0. The molecule has 0 aliphatic carbocycles.